The molecule has 5 rings (SSSR count). The molecule has 140 valence electrons. The van der Waals surface area contributed by atoms with Crippen molar-refractivity contribution in [1.82, 2.24) is 4.98 Å². The minimum absolute atomic E-state index is 0.122. The molecule has 1 aromatic heterocycles. The van der Waals surface area contributed by atoms with Crippen LogP contribution in [0.5, 0.6) is 0 Å². The molecule has 7 nitrogen and oxygen atoms in total. The summed E-state index contributed by atoms with van der Waals surface area (Å²) in [7, 11) is -3.74. The van der Waals surface area contributed by atoms with E-state index in [0.29, 0.717) is 18.5 Å². The van der Waals surface area contributed by atoms with Gasteiger partial charge in [-0.05, 0) is 49.1 Å². The summed E-state index contributed by atoms with van der Waals surface area (Å²) in [5.41, 5.74) is 3.58. The van der Waals surface area contributed by atoms with Crippen LogP contribution in [0.15, 0.2) is 50.5 Å². The van der Waals surface area contributed by atoms with Gasteiger partial charge in [-0.2, -0.15) is 0 Å². The van der Waals surface area contributed by atoms with Gasteiger partial charge in [0.1, 0.15) is 0 Å². The second-order valence-electron chi connectivity index (χ2n) is 7.01. The highest BCUT2D eigenvalue weighted by atomic mass is 32.2. The zero-order chi connectivity index (χ0) is 18.6. The first-order valence-corrected chi connectivity index (χ1v) is 10.5. The molecule has 0 amide bonds. The fourth-order valence-electron chi connectivity index (χ4n) is 3.97. The molecule has 1 N–H and O–H groups in total. The number of nitrogens with zero attached hydrogens (tertiary/aromatic N) is 2. The minimum Gasteiger partial charge on any atom is -0.408 e. The highest BCUT2D eigenvalue weighted by Crippen LogP contribution is 2.37. The maximum Gasteiger partial charge on any atom is 0.417 e. The summed E-state index contributed by atoms with van der Waals surface area (Å²) in [6.07, 6.45) is 3.03. The van der Waals surface area contributed by atoms with Crippen LogP contribution in [-0.4, -0.2) is 33.0 Å². The summed E-state index contributed by atoms with van der Waals surface area (Å²) in [6.45, 7) is 2.43. The van der Waals surface area contributed by atoms with E-state index in [1.165, 1.54) is 29.3 Å². The van der Waals surface area contributed by atoms with E-state index in [2.05, 4.69) is 16.0 Å². The average molecular weight is 385 g/mol. The fraction of sp³-hybridized carbons (Fsp3) is 0.316. The van der Waals surface area contributed by atoms with E-state index in [4.69, 9.17) is 4.42 Å². The van der Waals surface area contributed by atoms with Gasteiger partial charge in [0.05, 0.1) is 16.1 Å². The lowest BCUT2D eigenvalue weighted by atomic mass is 10.1. The lowest BCUT2D eigenvalue weighted by molar-refractivity contribution is 0.554. The Balaban J connectivity index is 1.56. The first kappa shape index (κ1) is 16.4. The van der Waals surface area contributed by atoms with Gasteiger partial charge in [0, 0.05) is 31.4 Å². The maximum atomic E-state index is 13.3. The van der Waals surface area contributed by atoms with Crippen LogP contribution in [0.2, 0.25) is 0 Å². The Bertz CT molecular complexity index is 1190. The van der Waals surface area contributed by atoms with Crippen molar-refractivity contribution in [2.45, 2.75) is 24.2 Å². The number of sulfonamides is 1. The number of fused-ring (bicyclic) bond motifs is 2. The lowest BCUT2D eigenvalue weighted by Crippen LogP contribution is -2.29. The van der Waals surface area contributed by atoms with E-state index in [9.17, 15) is 13.2 Å². The second kappa shape index (κ2) is 5.88. The normalized spacial score (nSPS) is 17.0. The van der Waals surface area contributed by atoms with Crippen LogP contribution in [0.25, 0.3) is 11.1 Å². The summed E-state index contributed by atoms with van der Waals surface area (Å²) in [5, 5.41) is 0. The monoisotopic (exact) mass is 385 g/mol. The Kier molecular flexibility index (Phi) is 3.58. The summed E-state index contributed by atoms with van der Waals surface area (Å²) >= 11 is 0. The van der Waals surface area contributed by atoms with E-state index < -0.39 is 15.8 Å². The van der Waals surface area contributed by atoms with Crippen LogP contribution in [0.1, 0.15) is 18.4 Å². The fourth-order valence-corrected chi connectivity index (χ4v) is 5.48. The van der Waals surface area contributed by atoms with Crippen LogP contribution in [0, 0.1) is 0 Å². The number of aromatic amines is 1. The van der Waals surface area contributed by atoms with Crippen LogP contribution in [0.4, 0.5) is 11.4 Å². The summed E-state index contributed by atoms with van der Waals surface area (Å²) in [6, 6.07) is 10.6. The van der Waals surface area contributed by atoms with Crippen molar-refractivity contribution in [3.63, 3.8) is 0 Å². The van der Waals surface area contributed by atoms with Crippen LogP contribution in [0.3, 0.4) is 0 Å². The van der Waals surface area contributed by atoms with Gasteiger partial charge in [0.2, 0.25) is 0 Å². The molecule has 0 aliphatic carbocycles. The predicted molar refractivity (Wildman–Crippen MR) is 103 cm³/mol. The topological polar surface area (TPSA) is 86.6 Å². The molecule has 0 spiro atoms. The molecule has 27 heavy (non-hydrogen) atoms. The number of aromatic nitrogens is 1. The molecular formula is C19H19N3O4S. The number of anilines is 2. The summed E-state index contributed by atoms with van der Waals surface area (Å²) in [5.74, 6) is -0.596. The molecule has 2 aliphatic rings. The van der Waals surface area contributed by atoms with Gasteiger partial charge in [0.25, 0.3) is 10.0 Å². The first-order chi connectivity index (χ1) is 13.0. The van der Waals surface area contributed by atoms with Gasteiger partial charge in [-0.25, -0.2) is 13.2 Å². The molecule has 0 bridgehead atoms. The van der Waals surface area contributed by atoms with Crippen molar-refractivity contribution in [2.24, 2.45) is 0 Å². The molecule has 3 heterocycles. The Hall–Kier alpha value is -2.74. The van der Waals surface area contributed by atoms with Crippen molar-refractivity contribution < 1.29 is 12.8 Å². The van der Waals surface area contributed by atoms with Gasteiger partial charge in [0.15, 0.2) is 5.58 Å². The third-order valence-corrected chi connectivity index (χ3v) is 7.18. The quantitative estimate of drug-likeness (QED) is 0.748. The van der Waals surface area contributed by atoms with Gasteiger partial charge >= 0.3 is 5.76 Å². The third-order valence-electron chi connectivity index (χ3n) is 5.37. The number of hydrogen-bond donors (Lipinski definition) is 1. The van der Waals surface area contributed by atoms with Gasteiger partial charge in [-0.3, -0.25) is 9.29 Å². The highest BCUT2D eigenvalue weighted by Gasteiger charge is 2.32. The largest absolute Gasteiger partial charge is 0.417 e. The van der Waals surface area contributed by atoms with E-state index in [0.717, 1.165) is 30.0 Å². The smallest absolute Gasteiger partial charge is 0.408 e. The number of oxazole rings is 1. The standard InChI is InChI=1S/C19H19N3O4S/c23-19-20-16-6-5-15(12-18(16)26-19)27(24,25)22-10-7-13-3-4-14(11-17(13)22)21-8-1-2-9-21/h3-6,11-12H,1-2,7-10H2,(H,20,23). The van der Waals surface area contributed by atoms with E-state index in [1.54, 1.807) is 6.07 Å². The van der Waals surface area contributed by atoms with Gasteiger partial charge < -0.3 is 9.32 Å². The maximum absolute atomic E-state index is 13.3. The van der Waals surface area contributed by atoms with E-state index in [1.807, 2.05) is 12.1 Å². The van der Waals surface area contributed by atoms with Gasteiger partial charge in [-0.1, -0.05) is 6.07 Å². The Morgan fingerprint density at radius 3 is 2.63 bits per heavy atom. The Morgan fingerprint density at radius 1 is 1.00 bits per heavy atom. The third kappa shape index (κ3) is 2.63. The van der Waals surface area contributed by atoms with Crippen molar-refractivity contribution in [3.8, 4) is 0 Å². The molecule has 0 saturated carbocycles. The number of rotatable bonds is 3. The minimum atomic E-state index is -3.74. The first-order valence-electron chi connectivity index (χ1n) is 9.06. The SMILES string of the molecule is O=c1[nH]c2ccc(S(=O)(=O)N3CCc4ccc(N5CCCC5)cc43)cc2o1. The van der Waals surface area contributed by atoms with Crippen LogP contribution >= 0.6 is 0 Å². The van der Waals surface area contributed by atoms with Crippen molar-refractivity contribution in [1.29, 1.82) is 0 Å². The highest BCUT2D eigenvalue weighted by molar-refractivity contribution is 7.92. The Labute approximate surface area is 156 Å². The molecule has 3 aromatic rings. The molecule has 1 saturated heterocycles. The summed E-state index contributed by atoms with van der Waals surface area (Å²) < 4.78 is 33.0. The van der Waals surface area contributed by atoms with Crippen LogP contribution in [-0.2, 0) is 16.4 Å². The molecule has 8 heteroatoms. The molecule has 1 fully saturated rings. The molecule has 0 unspecified atom stereocenters. The van der Waals surface area contributed by atoms with Gasteiger partial charge in [-0.15, -0.1) is 0 Å². The van der Waals surface area contributed by atoms with Crippen molar-refractivity contribution >= 4 is 32.5 Å². The number of hydrogen-bond acceptors (Lipinski definition) is 5. The molecule has 2 aromatic carbocycles. The molecule has 0 atom stereocenters. The second-order valence-corrected chi connectivity index (χ2v) is 8.87. The predicted octanol–water partition coefficient (Wildman–Crippen LogP) is 2.47. The van der Waals surface area contributed by atoms with E-state index in [-0.39, 0.29) is 10.5 Å². The molecular weight excluding hydrogens is 366 g/mol. The Morgan fingerprint density at radius 2 is 1.81 bits per heavy atom. The number of nitrogens with one attached hydrogen (secondary N) is 1. The molecule has 2 aliphatic heterocycles. The zero-order valence-corrected chi connectivity index (χ0v) is 15.5. The van der Waals surface area contributed by atoms with Crippen LogP contribution < -0.4 is 15.0 Å². The number of H-pyrrole nitrogens is 1. The zero-order valence-electron chi connectivity index (χ0n) is 14.6. The van der Waals surface area contributed by atoms with Crippen molar-refractivity contribution in [3.05, 3.63) is 52.5 Å². The van der Waals surface area contributed by atoms with Crippen molar-refractivity contribution in [2.75, 3.05) is 28.8 Å². The number of benzene rings is 2. The molecule has 0 radical (unpaired) electrons. The summed E-state index contributed by atoms with van der Waals surface area (Å²) in [4.78, 5) is 16.3. The lowest BCUT2D eigenvalue weighted by Gasteiger charge is -2.23. The average Bonchev–Trinajstić information content (AvgIpc) is 3.38. The van der Waals surface area contributed by atoms with E-state index >= 15 is 0 Å².